The van der Waals surface area contributed by atoms with Gasteiger partial charge in [-0.2, -0.15) is 5.10 Å². The number of amides is 1. The molecule has 9 heteroatoms. The first kappa shape index (κ1) is 23.5. The Labute approximate surface area is 211 Å². The predicted octanol–water partition coefficient (Wildman–Crippen LogP) is 2.92. The van der Waals surface area contributed by atoms with Gasteiger partial charge in [-0.1, -0.05) is 41.7 Å². The van der Waals surface area contributed by atoms with Crippen LogP contribution in [0.2, 0.25) is 0 Å². The van der Waals surface area contributed by atoms with Crippen LogP contribution in [0.4, 0.5) is 5.69 Å². The molecule has 2 aromatic heterocycles. The highest BCUT2D eigenvalue weighted by molar-refractivity contribution is 7.07. The summed E-state index contributed by atoms with van der Waals surface area (Å²) in [6.45, 7) is 3.75. The van der Waals surface area contributed by atoms with Crippen molar-refractivity contribution in [2.24, 2.45) is 12.0 Å². The Kier molecular flexibility index (Phi) is 6.15. The van der Waals surface area contributed by atoms with E-state index in [9.17, 15) is 9.59 Å². The van der Waals surface area contributed by atoms with Crippen LogP contribution in [0, 0.1) is 6.92 Å². The van der Waals surface area contributed by atoms with Crippen LogP contribution in [-0.4, -0.2) is 27.4 Å². The quantitative estimate of drug-likeness (QED) is 0.457. The van der Waals surface area contributed by atoms with Crippen LogP contribution in [0.5, 0.6) is 5.75 Å². The molecule has 2 aromatic carbocycles. The molecule has 182 valence electrons. The van der Waals surface area contributed by atoms with E-state index in [1.807, 2.05) is 74.6 Å². The first-order chi connectivity index (χ1) is 17.4. The van der Waals surface area contributed by atoms with Gasteiger partial charge >= 0.3 is 0 Å². The molecule has 0 bridgehead atoms. The summed E-state index contributed by atoms with van der Waals surface area (Å²) in [5.74, 6) is 0.384. The number of ether oxygens (including phenoxy) is 1. The fourth-order valence-corrected chi connectivity index (χ4v) is 5.27. The smallest absolute Gasteiger partial charge is 0.271 e. The Bertz CT molecular complexity index is 1660. The second-order valence-electron chi connectivity index (χ2n) is 8.48. The number of nitrogens with zero attached hydrogens (tertiary/aromatic N) is 4. The molecule has 5 rings (SSSR count). The number of benzene rings is 2. The Hall–Kier alpha value is -4.24. The molecule has 0 radical (unpaired) electrons. The highest BCUT2D eigenvalue weighted by Crippen LogP contribution is 2.31. The number of hydrogen-bond donors (Lipinski definition) is 1. The maximum absolute atomic E-state index is 13.8. The molecule has 0 spiro atoms. The second kappa shape index (κ2) is 9.43. The predicted molar refractivity (Wildman–Crippen MR) is 140 cm³/mol. The molecular formula is C27H25N5O3S. The van der Waals surface area contributed by atoms with Crippen molar-refractivity contribution in [1.82, 2.24) is 14.3 Å². The van der Waals surface area contributed by atoms with Crippen LogP contribution >= 0.6 is 11.3 Å². The fraction of sp³-hybridized carbons (Fsp3) is 0.185. The molecule has 3 heterocycles. The van der Waals surface area contributed by atoms with Crippen LogP contribution in [0.1, 0.15) is 29.8 Å². The molecular weight excluding hydrogens is 474 g/mol. The number of rotatable bonds is 5. The molecule has 0 unspecified atom stereocenters. The van der Waals surface area contributed by atoms with Crippen molar-refractivity contribution >= 4 is 29.0 Å². The summed E-state index contributed by atoms with van der Waals surface area (Å²) in [6.07, 6.45) is 3.57. The second-order valence-corrected chi connectivity index (χ2v) is 9.49. The highest BCUT2D eigenvalue weighted by Gasteiger charge is 2.32. The lowest BCUT2D eigenvalue weighted by Crippen LogP contribution is -2.40. The summed E-state index contributed by atoms with van der Waals surface area (Å²) >= 11 is 1.30. The maximum atomic E-state index is 13.8. The zero-order valence-electron chi connectivity index (χ0n) is 20.4. The van der Waals surface area contributed by atoms with Crippen molar-refractivity contribution < 1.29 is 9.53 Å². The van der Waals surface area contributed by atoms with E-state index in [0.717, 1.165) is 16.8 Å². The summed E-state index contributed by atoms with van der Waals surface area (Å²) in [7, 11) is 3.46. The Morgan fingerprint density at radius 3 is 2.47 bits per heavy atom. The SMILES string of the molecule is COc1ccc([C@@H]2C(C(=O)Nc3ccccc3)=C(C)N=c3sc(=Cc4cnn(C)c4C)c(=O)n32)cc1. The summed E-state index contributed by atoms with van der Waals surface area (Å²) in [5.41, 5.74) is 4.04. The third kappa shape index (κ3) is 4.18. The third-order valence-electron chi connectivity index (χ3n) is 6.29. The highest BCUT2D eigenvalue weighted by atomic mass is 32.1. The fourth-order valence-electron chi connectivity index (χ4n) is 4.23. The lowest BCUT2D eigenvalue weighted by molar-refractivity contribution is -0.113. The lowest BCUT2D eigenvalue weighted by Gasteiger charge is -2.25. The topological polar surface area (TPSA) is 90.5 Å². The number of anilines is 1. The molecule has 1 atom stereocenters. The number of carbonyl (C=O) groups excluding carboxylic acids is 1. The number of aryl methyl sites for hydroxylation is 1. The van der Waals surface area contributed by atoms with Crippen molar-refractivity contribution in [3.8, 4) is 5.75 Å². The van der Waals surface area contributed by atoms with Gasteiger partial charge in [-0.05, 0) is 49.8 Å². The molecule has 1 N–H and O–H groups in total. The van der Waals surface area contributed by atoms with E-state index >= 15 is 0 Å². The normalized spacial score (nSPS) is 15.4. The number of para-hydroxylation sites is 1. The summed E-state index contributed by atoms with van der Waals surface area (Å²) in [4.78, 5) is 32.5. The molecule has 0 aliphatic carbocycles. The molecule has 8 nitrogen and oxygen atoms in total. The third-order valence-corrected chi connectivity index (χ3v) is 7.27. The molecule has 1 amide bonds. The number of thiazole rings is 1. The lowest BCUT2D eigenvalue weighted by atomic mass is 9.95. The van der Waals surface area contributed by atoms with E-state index in [1.54, 1.807) is 29.5 Å². The number of hydrogen-bond acceptors (Lipinski definition) is 6. The zero-order chi connectivity index (χ0) is 25.4. The summed E-state index contributed by atoms with van der Waals surface area (Å²) in [6, 6.07) is 16.0. The first-order valence-corrected chi connectivity index (χ1v) is 12.2. The average molecular weight is 500 g/mol. The van der Waals surface area contributed by atoms with Crippen LogP contribution in [-0.2, 0) is 11.8 Å². The van der Waals surface area contributed by atoms with Gasteiger partial charge in [-0.25, -0.2) is 4.99 Å². The van der Waals surface area contributed by atoms with Crippen LogP contribution in [0.25, 0.3) is 6.08 Å². The average Bonchev–Trinajstić information content (AvgIpc) is 3.36. The van der Waals surface area contributed by atoms with Gasteiger partial charge in [0.25, 0.3) is 11.5 Å². The molecule has 1 aliphatic heterocycles. The van der Waals surface area contributed by atoms with Gasteiger partial charge in [-0.15, -0.1) is 0 Å². The first-order valence-electron chi connectivity index (χ1n) is 11.4. The monoisotopic (exact) mass is 499 g/mol. The number of nitrogens with one attached hydrogen (secondary N) is 1. The van der Waals surface area contributed by atoms with Crippen molar-refractivity contribution in [3.63, 3.8) is 0 Å². The number of carbonyl (C=O) groups is 1. The molecule has 0 fully saturated rings. The van der Waals surface area contributed by atoms with E-state index in [-0.39, 0.29) is 11.5 Å². The van der Waals surface area contributed by atoms with E-state index in [2.05, 4.69) is 15.4 Å². The Morgan fingerprint density at radius 2 is 1.83 bits per heavy atom. The Morgan fingerprint density at radius 1 is 1.11 bits per heavy atom. The molecule has 36 heavy (non-hydrogen) atoms. The van der Waals surface area contributed by atoms with Gasteiger partial charge in [-0.3, -0.25) is 18.8 Å². The number of aromatic nitrogens is 3. The Balaban J connectivity index is 1.68. The number of fused-ring (bicyclic) bond motifs is 1. The van der Waals surface area contributed by atoms with Crippen LogP contribution in [0.3, 0.4) is 0 Å². The van der Waals surface area contributed by atoms with E-state index in [1.165, 1.54) is 11.3 Å². The van der Waals surface area contributed by atoms with Crippen molar-refractivity contribution in [1.29, 1.82) is 0 Å². The van der Waals surface area contributed by atoms with Crippen LogP contribution < -0.4 is 24.9 Å². The standard InChI is InChI=1S/C27H25N5O3S/c1-16-23(25(33)30-20-8-6-5-7-9-20)24(18-10-12-21(35-4)13-11-18)32-26(34)22(36-27(32)29-16)14-19-15-28-31(3)17(19)2/h5-15,24H,1-4H3,(H,30,33)/t24-/m1/s1. The van der Waals surface area contributed by atoms with Gasteiger partial charge in [0.05, 0.1) is 35.2 Å². The maximum Gasteiger partial charge on any atom is 0.271 e. The zero-order valence-corrected chi connectivity index (χ0v) is 21.2. The van der Waals surface area contributed by atoms with Crippen LogP contribution in [0.15, 0.2) is 81.9 Å². The van der Waals surface area contributed by atoms with Gasteiger partial charge in [0.2, 0.25) is 0 Å². The largest absolute Gasteiger partial charge is 0.497 e. The van der Waals surface area contributed by atoms with Gasteiger partial charge in [0.15, 0.2) is 4.80 Å². The number of methoxy groups -OCH3 is 1. The van der Waals surface area contributed by atoms with Crippen molar-refractivity contribution in [3.05, 3.63) is 109 Å². The minimum absolute atomic E-state index is 0.208. The molecule has 0 saturated heterocycles. The van der Waals surface area contributed by atoms with E-state index in [0.29, 0.717) is 32.0 Å². The van der Waals surface area contributed by atoms with E-state index in [4.69, 9.17) is 4.74 Å². The molecule has 0 saturated carbocycles. The summed E-state index contributed by atoms with van der Waals surface area (Å²) < 4.78 is 9.22. The van der Waals surface area contributed by atoms with Gasteiger partial charge < -0.3 is 10.1 Å². The van der Waals surface area contributed by atoms with Crippen molar-refractivity contribution in [2.45, 2.75) is 19.9 Å². The van der Waals surface area contributed by atoms with Crippen molar-refractivity contribution in [2.75, 3.05) is 12.4 Å². The minimum Gasteiger partial charge on any atom is -0.497 e. The summed E-state index contributed by atoms with van der Waals surface area (Å²) in [5, 5.41) is 7.23. The molecule has 4 aromatic rings. The van der Waals surface area contributed by atoms with Gasteiger partial charge in [0, 0.05) is 24.0 Å². The minimum atomic E-state index is -0.645. The molecule has 1 aliphatic rings. The van der Waals surface area contributed by atoms with Gasteiger partial charge in [0.1, 0.15) is 5.75 Å². The van der Waals surface area contributed by atoms with E-state index < -0.39 is 6.04 Å². The number of allylic oxidation sites excluding steroid dienone is 1.